The number of hydrogen-bond donors (Lipinski definition) is 2. The molecule has 1 aromatic heterocycles. The van der Waals surface area contributed by atoms with E-state index in [0.29, 0.717) is 10.1 Å². The molecule has 1 heterocycles. The zero-order valence-corrected chi connectivity index (χ0v) is 13.6. The lowest BCUT2D eigenvalue weighted by Crippen LogP contribution is -2.30. The number of ether oxygens (including phenoxy) is 1. The molecule has 2 aromatic rings. The van der Waals surface area contributed by atoms with Crippen LogP contribution in [0.1, 0.15) is 9.67 Å². The van der Waals surface area contributed by atoms with Gasteiger partial charge in [0.15, 0.2) is 0 Å². The van der Waals surface area contributed by atoms with Gasteiger partial charge >= 0.3 is 5.97 Å². The third-order valence-electron chi connectivity index (χ3n) is 2.63. The van der Waals surface area contributed by atoms with Crippen LogP contribution in [0.25, 0.3) is 10.1 Å². The number of benzene rings is 1. The van der Waals surface area contributed by atoms with Gasteiger partial charge in [-0.2, -0.15) is 0 Å². The van der Waals surface area contributed by atoms with Crippen molar-refractivity contribution >= 4 is 49.8 Å². The van der Waals surface area contributed by atoms with E-state index in [1.54, 1.807) is 24.3 Å². The summed E-state index contributed by atoms with van der Waals surface area (Å²) in [7, 11) is -2.59. The van der Waals surface area contributed by atoms with E-state index in [9.17, 15) is 13.2 Å². The Balaban J connectivity index is 0.00000220. The standard InChI is InChI=1S/C12H14N2O4S2.ClH/c1-18-12(15)10-11(20(16,17)14-7-6-13)8-4-2-3-5-9(8)19-10;/h2-5,14H,6-7,13H2,1H3;1H. The lowest BCUT2D eigenvalue weighted by molar-refractivity contribution is 0.0602. The average Bonchev–Trinajstić information content (AvgIpc) is 2.84. The van der Waals surface area contributed by atoms with Gasteiger partial charge in [-0.25, -0.2) is 17.9 Å². The van der Waals surface area contributed by atoms with Gasteiger partial charge in [0.2, 0.25) is 10.0 Å². The number of hydrogen-bond acceptors (Lipinski definition) is 6. The van der Waals surface area contributed by atoms with E-state index in [2.05, 4.69) is 9.46 Å². The van der Waals surface area contributed by atoms with Crippen LogP contribution in [-0.2, 0) is 14.8 Å². The smallest absolute Gasteiger partial charge is 0.349 e. The molecular formula is C12H15ClN2O4S2. The Morgan fingerprint density at radius 1 is 1.38 bits per heavy atom. The first-order chi connectivity index (χ1) is 9.51. The first-order valence-corrected chi connectivity index (χ1v) is 8.11. The zero-order chi connectivity index (χ0) is 14.8. The van der Waals surface area contributed by atoms with E-state index in [1.807, 2.05) is 0 Å². The fraction of sp³-hybridized carbons (Fsp3) is 0.250. The lowest BCUT2D eigenvalue weighted by Gasteiger charge is -2.06. The molecule has 0 atom stereocenters. The molecule has 0 spiro atoms. The second kappa shape index (κ2) is 7.19. The van der Waals surface area contributed by atoms with Crippen LogP contribution >= 0.6 is 23.7 Å². The monoisotopic (exact) mass is 350 g/mol. The predicted molar refractivity (Wildman–Crippen MR) is 84.7 cm³/mol. The second-order valence-corrected chi connectivity index (χ2v) is 6.69. The highest BCUT2D eigenvalue weighted by atomic mass is 35.5. The van der Waals surface area contributed by atoms with Crippen LogP contribution in [0, 0.1) is 0 Å². The molecule has 9 heteroatoms. The van der Waals surface area contributed by atoms with Crippen LogP contribution in [0.3, 0.4) is 0 Å². The summed E-state index contributed by atoms with van der Waals surface area (Å²) in [5.41, 5.74) is 5.31. The van der Waals surface area contributed by atoms with Crippen molar-refractivity contribution in [3.63, 3.8) is 0 Å². The van der Waals surface area contributed by atoms with Gasteiger partial charge in [-0.1, -0.05) is 18.2 Å². The van der Waals surface area contributed by atoms with Gasteiger partial charge in [0, 0.05) is 23.2 Å². The fourth-order valence-electron chi connectivity index (χ4n) is 1.78. The number of rotatable bonds is 5. The summed E-state index contributed by atoms with van der Waals surface area (Å²) in [5.74, 6) is -0.667. The third kappa shape index (κ3) is 3.53. The Kier molecular flexibility index (Phi) is 6.11. The fourth-order valence-corrected chi connectivity index (χ4v) is 4.64. The molecule has 0 radical (unpaired) electrons. The van der Waals surface area contributed by atoms with E-state index in [4.69, 9.17) is 5.73 Å². The summed E-state index contributed by atoms with van der Waals surface area (Å²) in [6, 6.07) is 6.92. The van der Waals surface area contributed by atoms with Crippen molar-refractivity contribution in [2.45, 2.75) is 4.90 Å². The van der Waals surface area contributed by atoms with Crippen LogP contribution in [0.4, 0.5) is 0 Å². The van der Waals surface area contributed by atoms with Crippen molar-refractivity contribution in [2.75, 3.05) is 20.2 Å². The molecule has 0 aliphatic rings. The Morgan fingerprint density at radius 3 is 2.67 bits per heavy atom. The molecule has 2 rings (SSSR count). The number of esters is 1. The summed E-state index contributed by atoms with van der Waals surface area (Å²) in [6.07, 6.45) is 0. The minimum Gasteiger partial charge on any atom is -0.465 e. The number of nitrogens with two attached hydrogens (primary N) is 1. The van der Waals surface area contributed by atoms with Gasteiger partial charge in [0.05, 0.1) is 7.11 Å². The molecule has 3 N–H and O–H groups in total. The highest BCUT2D eigenvalue weighted by molar-refractivity contribution is 7.90. The molecule has 0 aliphatic heterocycles. The molecule has 116 valence electrons. The maximum absolute atomic E-state index is 12.3. The van der Waals surface area contributed by atoms with Crippen molar-refractivity contribution in [3.8, 4) is 0 Å². The SMILES string of the molecule is COC(=O)c1sc2ccccc2c1S(=O)(=O)NCCN.Cl. The Hall–Kier alpha value is -1.19. The minimum absolute atomic E-state index is 0. The zero-order valence-electron chi connectivity index (χ0n) is 11.2. The summed E-state index contributed by atoms with van der Waals surface area (Å²) >= 11 is 1.09. The largest absolute Gasteiger partial charge is 0.465 e. The summed E-state index contributed by atoms with van der Waals surface area (Å²) in [4.78, 5) is 11.8. The number of carbonyl (C=O) groups is 1. The van der Waals surface area contributed by atoms with Gasteiger partial charge in [0.1, 0.15) is 9.77 Å². The number of sulfonamides is 1. The molecule has 0 fully saturated rings. The van der Waals surface area contributed by atoms with Crippen molar-refractivity contribution in [3.05, 3.63) is 29.1 Å². The highest BCUT2D eigenvalue weighted by Crippen LogP contribution is 2.34. The Labute approximate surface area is 132 Å². The number of halogens is 1. The average molecular weight is 351 g/mol. The second-order valence-electron chi connectivity index (χ2n) is 3.93. The van der Waals surface area contributed by atoms with Crippen LogP contribution < -0.4 is 10.5 Å². The first kappa shape index (κ1) is 17.9. The van der Waals surface area contributed by atoms with Crippen molar-refractivity contribution in [1.82, 2.24) is 4.72 Å². The summed E-state index contributed by atoms with van der Waals surface area (Å²) < 4.78 is 32.4. The number of fused-ring (bicyclic) bond motifs is 1. The van der Waals surface area contributed by atoms with Crippen LogP contribution in [-0.4, -0.2) is 34.6 Å². The van der Waals surface area contributed by atoms with Gasteiger partial charge < -0.3 is 10.5 Å². The maximum Gasteiger partial charge on any atom is 0.349 e. The molecule has 21 heavy (non-hydrogen) atoms. The van der Waals surface area contributed by atoms with Crippen molar-refractivity contribution in [1.29, 1.82) is 0 Å². The van der Waals surface area contributed by atoms with E-state index in [0.717, 1.165) is 11.3 Å². The van der Waals surface area contributed by atoms with Gasteiger partial charge in [0.25, 0.3) is 0 Å². The van der Waals surface area contributed by atoms with Gasteiger partial charge in [-0.15, -0.1) is 23.7 Å². The Bertz CT molecular complexity index is 743. The number of thiophene rings is 1. The molecule has 6 nitrogen and oxygen atoms in total. The minimum atomic E-state index is -3.81. The molecule has 0 saturated heterocycles. The van der Waals surface area contributed by atoms with Gasteiger partial charge in [-0.3, -0.25) is 0 Å². The molecule has 0 aliphatic carbocycles. The van der Waals surface area contributed by atoms with E-state index < -0.39 is 16.0 Å². The maximum atomic E-state index is 12.3. The van der Waals surface area contributed by atoms with Crippen LogP contribution in [0.2, 0.25) is 0 Å². The van der Waals surface area contributed by atoms with Crippen molar-refractivity contribution < 1.29 is 17.9 Å². The highest BCUT2D eigenvalue weighted by Gasteiger charge is 2.28. The first-order valence-electron chi connectivity index (χ1n) is 5.81. The quantitative estimate of drug-likeness (QED) is 0.793. The predicted octanol–water partition coefficient (Wildman–Crippen LogP) is 1.35. The molecule has 0 amide bonds. The third-order valence-corrected chi connectivity index (χ3v) is 5.45. The number of nitrogens with one attached hydrogen (secondary N) is 1. The van der Waals surface area contributed by atoms with Gasteiger partial charge in [-0.05, 0) is 6.07 Å². The summed E-state index contributed by atoms with van der Waals surface area (Å²) in [5, 5.41) is 0.502. The summed E-state index contributed by atoms with van der Waals surface area (Å²) in [6.45, 7) is 0.280. The van der Waals surface area contributed by atoms with E-state index in [-0.39, 0.29) is 35.3 Å². The van der Waals surface area contributed by atoms with E-state index >= 15 is 0 Å². The normalized spacial score (nSPS) is 11.1. The molecule has 1 aromatic carbocycles. The number of carbonyl (C=O) groups excluding carboxylic acids is 1. The van der Waals surface area contributed by atoms with Crippen LogP contribution in [0.15, 0.2) is 29.2 Å². The molecule has 0 bridgehead atoms. The molecular weight excluding hydrogens is 336 g/mol. The van der Waals surface area contributed by atoms with Crippen LogP contribution in [0.5, 0.6) is 0 Å². The van der Waals surface area contributed by atoms with E-state index in [1.165, 1.54) is 7.11 Å². The van der Waals surface area contributed by atoms with Crippen molar-refractivity contribution in [2.24, 2.45) is 5.73 Å². The molecule has 0 unspecified atom stereocenters. The Morgan fingerprint density at radius 2 is 2.05 bits per heavy atom. The molecule has 0 saturated carbocycles. The lowest BCUT2D eigenvalue weighted by atomic mass is 10.2. The number of methoxy groups -OCH3 is 1. The topological polar surface area (TPSA) is 98.5 Å².